The van der Waals surface area contributed by atoms with Gasteiger partial charge in [-0.3, -0.25) is 14.4 Å². The molecule has 2 aromatic rings. The first kappa shape index (κ1) is 18.9. The molecular formula is C26H29N3O3. The van der Waals surface area contributed by atoms with Crippen LogP contribution < -0.4 is 0 Å². The molecule has 5 atom stereocenters. The monoisotopic (exact) mass is 431 g/mol. The van der Waals surface area contributed by atoms with Crippen LogP contribution in [0.1, 0.15) is 36.2 Å². The maximum Gasteiger partial charge on any atom is 0.270 e. The van der Waals surface area contributed by atoms with E-state index >= 15 is 0 Å². The summed E-state index contributed by atoms with van der Waals surface area (Å²) in [6.45, 7) is 3.12. The minimum absolute atomic E-state index is 0.0132. The van der Waals surface area contributed by atoms with Crippen LogP contribution in [0.2, 0.25) is 0 Å². The van der Waals surface area contributed by atoms with E-state index in [0.717, 1.165) is 68.5 Å². The van der Waals surface area contributed by atoms with Gasteiger partial charge in [0.15, 0.2) is 0 Å². The van der Waals surface area contributed by atoms with Crippen molar-refractivity contribution in [2.75, 3.05) is 26.2 Å². The molecule has 4 saturated carbocycles. The molecule has 1 spiro atoms. The molecule has 8 rings (SSSR count). The Labute approximate surface area is 187 Å². The van der Waals surface area contributed by atoms with Crippen molar-refractivity contribution in [3.05, 3.63) is 36.0 Å². The number of hydrogen-bond donors (Lipinski definition) is 0. The molecule has 0 unspecified atom stereocenters. The topological polar surface area (TPSA) is 62.6 Å². The number of amides is 2. The van der Waals surface area contributed by atoms with Crippen molar-refractivity contribution < 1.29 is 14.4 Å². The fourth-order valence-corrected chi connectivity index (χ4v) is 7.76. The van der Waals surface area contributed by atoms with Crippen LogP contribution in [0.4, 0.5) is 0 Å². The number of nitrogens with zero attached hydrogens (tertiary/aromatic N) is 3. The van der Waals surface area contributed by atoms with Crippen molar-refractivity contribution >= 4 is 28.5 Å². The minimum atomic E-state index is -0.0132. The van der Waals surface area contributed by atoms with Gasteiger partial charge in [0.2, 0.25) is 5.91 Å². The highest BCUT2D eigenvalue weighted by atomic mass is 16.2. The number of likely N-dealkylation sites (tertiary alicyclic amines) is 2. The quantitative estimate of drug-likeness (QED) is 0.735. The maximum absolute atomic E-state index is 13.3. The zero-order valence-electron chi connectivity index (χ0n) is 18.5. The van der Waals surface area contributed by atoms with Gasteiger partial charge in [-0.2, -0.15) is 0 Å². The van der Waals surface area contributed by atoms with E-state index in [4.69, 9.17) is 0 Å². The fourth-order valence-electron chi connectivity index (χ4n) is 7.76. The Kier molecular flexibility index (Phi) is 3.68. The van der Waals surface area contributed by atoms with Crippen molar-refractivity contribution in [3.8, 4) is 0 Å². The average molecular weight is 432 g/mol. The van der Waals surface area contributed by atoms with Gasteiger partial charge in [0.1, 0.15) is 11.5 Å². The number of fused-ring (bicyclic) bond motifs is 1. The molecule has 4 aliphatic carbocycles. The third-order valence-electron chi connectivity index (χ3n) is 9.61. The van der Waals surface area contributed by atoms with E-state index in [-0.39, 0.29) is 35.0 Å². The summed E-state index contributed by atoms with van der Waals surface area (Å²) in [7, 11) is 1.96. The average Bonchev–Trinajstić information content (AvgIpc) is 3.28. The highest BCUT2D eigenvalue weighted by Crippen LogP contribution is 2.71. The number of Topliss-reactive ketones (excluding diaryl/α,β-unsaturated/α-hetero) is 1. The smallest absolute Gasteiger partial charge is 0.270 e. The lowest BCUT2D eigenvalue weighted by Gasteiger charge is -2.39. The summed E-state index contributed by atoms with van der Waals surface area (Å²) in [6, 6.07) is 10.1. The molecule has 2 saturated heterocycles. The van der Waals surface area contributed by atoms with E-state index in [9.17, 15) is 14.4 Å². The van der Waals surface area contributed by atoms with Gasteiger partial charge >= 0.3 is 0 Å². The number of aromatic nitrogens is 1. The van der Waals surface area contributed by atoms with Gasteiger partial charge in [-0.1, -0.05) is 18.2 Å². The molecule has 6 fully saturated rings. The Morgan fingerprint density at radius 3 is 2.38 bits per heavy atom. The van der Waals surface area contributed by atoms with Crippen molar-refractivity contribution in [2.45, 2.75) is 25.7 Å². The highest BCUT2D eigenvalue weighted by Gasteiger charge is 2.75. The van der Waals surface area contributed by atoms with Crippen molar-refractivity contribution in [2.24, 2.45) is 42.1 Å². The summed E-state index contributed by atoms with van der Waals surface area (Å²) in [5, 5.41) is 1.10. The van der Waals surface area contributed by atoms with E-state index in [2.05, 4.69) is 4.90 Å². The largest absolute Gasteiger partial charge is 0.342 e. The fraction of sp³-hybridized carbons (Fsp3) is 0.577. The van der Waals surface area contributed by atoms with E-state index in [0.29, 0.717) is 17.6 Å². The number of piperidine rings is 1. The third kappa shape index (κ3) is 2.38. The second-order valence-corrected chi connectivity index (χ2v) is 11.0. The van der Waals surface area contributed by atoms with Gasteiger partial charge in [0.25, 0.3) is 5.91 Å². The standard InChI is InChI=1S/C26H29N3O3/c1-27-18-5-3-2-4-15(18)12-19(27)24(31)28-9-6-26(7-10-28)8-11-29(14-26)25(32)22-17-13-16-20(22)21(16)23(17)30/h2-5,12,16-17,20-22H,6-11,13-14H2,1H3/t16-,17+,20+,21-,22-/m1/s1. The Hall–Kier alpha value is -2.63. The number of benzene rings is 1. The molecule has 0 radical (unpaired) electrons. The normalized spacial score (nSPS) is 34.2. The van der Waals surface area contributed by atoms with Gasteiger partial charge < -0.3 is 14.4 Å². The first-order valence-electron chi connectivity index (χ1n) is 12.1. The van der Waals surface area contributed by atoms with Crippen LogP contribution in [0.3, 0.4) is 0 Å². The maximum atomic E-state index is 13.3. The molecule has 0 N–H and O–H groups in total. The van der Waals surface area contributed by atoms with Gasteiger partial charge in [-0.25, -0.2) is 0 Å². The Morgan fingerprint density at radius 1 is 1.03 bits per heavy atom. The zero-order valence-corrected chi connectivity index (χ0v) is 18.5. The molecule has 166 valence electrons. The van der Waals surface area contributed by atoms with Gasteiger partial charge in [0.05, 0.1) is 5.92 Å². The molecular weight excluding hydrogens is 402 g/mol. The second kappa shape index (κ2) is 6.24. The van der Waals surface area contributed by atoms with E-state index in [1.165, 1.54) is 0 Å². The number of hydrogen-bond acceptors (Lipinski definition) is 3. The molecule has 32 heavy (non-hydrogen) atoms. The number of rotatable bonds is 2. The lowest BCUT2D eigenvalue weighted by atomic mass is 9.77. The van der Waals surface area contributed by atoms with Gasteiger partial charge in [-0.15, -0.1) is 0 Å². The highest BCUT2D eigenvalue weighted by molar-refractivity contribution is 6.00. The summed E-state index contributed by atoms with van der Waals surface area (Å²) in [5.74, 6) is 1.88. The van der Waals surface area contributed by atoms with Crippen LogP contribution in [-0.2, 0) is 16.6 Å². The Bertz CT molecular complexity index is 1170. The van der Waals surface area contributed by atoms with E-state index < -0.39 is 0 Å². The molecule has 3 heterocycles. The lowest BCUT2D eigenvalue weighted by molar-refractivity contribution is -0.138. The van der Waals surface area contributed by atoms with Crippen LogP contribution in [0.25, 0.3) is 10.9 Å². The SMILES string of the molecule is Cn1c(C(=O)N2CCC3(CC2)CCN(C(=O)[C@H]2[C@H]4[C@H]5C[C@@H]2C(=O)[C@H]54)C3)cc2ccccc21. The first-order valence-corrected chi connectivity index (χ1v) is 12.1. The summed E-state index contributed by atoms with van der Waals surface area (Å²) < 4.78 is 2.00. The summed E-state index contributed by atoms with van der Waals surface area (Å²) in [6.07, 6.45) is 3.90. The third-order valence-corrected chi connectivity index (χ3v) is 9.61. The number of para-hydroxylation sites is 1. The predicted octanol–water partition coefficient (Wildman–Crippen LogP) is 2.71. The minimum Gasteiger partial charge on any atom is -0.342 e. The van der Waals surface area contributed by atoms with Crippen LogP contribution in [0, 0.1) is 35.0 Å². The van der Waals surface area contributed by atoms with Crippen molar-refractivity contribution in [3.63, 3.8) is 0 Å². The van der Waals surface area contributed by atoms with Crippen molar-refractivity contribution in [1.29, 1.82) is 0 Å². The predicted molar refractivity (Wildman–Crippen MR) is 119 cm³/mol. The number of carbonyl (C=O) groups is 3. The molecule has 6 aliphatic rings. The van der Waals surface area contributed by atoms with Crippen LogP contribution in [-0.4, -0.2) is 58.1 Å². The Morgan fingerprint density at radius 2 is 1.75 bits per heavy atom. The number of aryl methyl sites for hydroxylation is 1. The molecule has 1 aromatic carbocycles. The molecule has 2 aliphatic heterocycles. The molecule has 4 bridgehead atoms. The second-order valence-electron chi connectivity index (χ2n) is 11.0. The molecule has 1 aromatic heterocycles. The molecule has 6 nitrogen and oxygen atoms in total. The number of carbonyl (C=O) groups excluding carboxylic acids is 3. The molecule has 6 heteroatoms. The van der Waals surface area contributed by atoms with Crippen LogP contribution in [0.15, 0.2) is 30.3 Å². The van der Waals surface area contributed by atoms with Gasteiger partial charge in [0, 0.05) is 56.0 Å². The van der Waals surface area contributed by atoms with E-state index in [1.807, 2.05) is 46.8 Å². The van der Waals surface area contributed by atoms with Crippen LogP contribution in [0.5, 0.6) is 0 Å². The van der Waals surface area contributed by atoms with E-state index in [1.54, 1.807) is 0 Å². The van der Waals surface area contributed by atoms with Crippen LogP contribution >= 0.6 is 0 Å². The Balaban J connectivity index is 1.02. The zero-order chi connectivity index (χ0) is 21.8. The molecule has 2 amide bonds. The van der Waals surface area contributed by atoms with Gasteiger partial charge in [-0.05, 0) is 55.1 Å². The van der Waals surface area contributed by atoms with Crippen molar-refractivity contribution in [1.82, 2.24) is 14.4 Å². The number of ketones is 1. The summed E-state index contributed by atoms with van der Waals surface area (Å²) in [4.78, 5) is 42.9. The summed E-state index contributed by atoms with van der Waals surface area (Å²) in [5.41, 5.74) is 1.96. The first-order chi connectivity index (χ1) is 15.5. The summed E-state index contributed by atoms with van der Waals surface area (Å²) >= 11 is 0. The lowest BCUT2D eigenvalue weighted by Crippen LogP contribution is -2.45.